The third-order valence-electron chi connectivity index (χ3n) is 3.25. The van der Waals surface area contributed by atoms with Crippen LogP contribution in [0, 0.1) is 0 Å². The largest absolute Gasteiger partial charge is 0.480 e. The van der Waals surface area contributed by atoms with E-state index in [1.165, 1.54) is 0 Å². The van der Waals surface area contributed by atoms with Crippen LogP contribution >= 0.6 is 0 Å². The molecule has 0 bridgehead atoms. The Kier molecular flexibility index (Phi) is 5.48. The lowest BCUT2D eigenvalue weighted by molar-refractivity contribution is -0.157. The fourth-order valence-electron chi connectivity index (χ4n) is 2.12. The van der Waals surface area contributed by atoms with Crippen LogP contribution in [-0.4, -0.2) is 57.5 Å². The molecule has 0 aliphatic carbocycles. The van der Waals surface area contributed by atoms with Crippen LogP contribution in [0.3, 0.4) is 0 Å². The molecule has 1 aliphatic heterocycles. The van der Waals surface area contributed by atoms with Gasteiger partial charge in [0.1, 0.15) is 12.1 Å². The van der Waals surface area contributed by atoms with Gasteiger partial charge in [-0.1, -0.05) is 6.92 Å². The molecule has 1 aliphatic rings. The molecular formula is C12H18N2O6. The van der Waals surface area contributed by atoms with Gasteiger partial charge >= 0.3 is 23.8 Å². The van der Waals surface area contributed by atoms with E-state index < -0.39 is 35.8 Å². The van der Waals surface area contributed by atoms with Crippen molar-refractivity contribution < 1.29 is 29.4 Å². The molecule has 3 N–H and O–H groups in total. The van der Waals surface area contributed by atoms with E-state index in [-0.39, 0.29) is 13.0 Å². The van der Waals surface area contributed by atoms with Crippen molar-refractivity contribution in [3.8, 4) is 0 Å². The van der Waals surface area contributed by atoms with E-state index >= 15 is 0 Å². The van der Waals surface area contributed by atoms with Gasteiger partial charge in [0.2, 0.25) is 0 Å². The average molecular weight is 286 g/mol. The van der Waals surface area contributed by atoms with E-state index in [1.54, 1.807) is 6.92 Å². The van der Waals surface area contributed by atoms with E-state index in [0.29, 0.717) is 19.3 Å². The molecule has 1 unspecified atom stereocenters. The number of carboxylic acids is 2. The first-order valence-corrected chi connectivity index (χ1v) is 6.45. The highest BCUT2D eigenvalue weighted by atomic mass is 16.4. The number of hydrogen-bond donors (Lipinski definition) is 3. The maximum atomic E-state index is 11.9. The van der Waals surface area contributed by atoms with Gasteiger partial charge in [0.05, 0.1) is 0 Å². The summed E-state index contributed by atoms with van der Waals surface area (Å²) in [6.07, 6.45) is 1.73. The zero-order valence-electron chi connectivity index (χ0n) is 11.2. The summed E-state index contributed by atoms with van der Waals surface area (Å²) in [5.41, 5.74) is 0. The second kappa shape index (κ2) is 6.88. The third kappa shape index (κ3) is 3.69. The molecule has 112 valence electrons. The van der Waals surface area contributed by atoms with Crippen molar-refractivity contribution in [1.82, 2.24) is 10.2 Å². The fraction of sp³-hybridized carbons (Fsp3) is 0.667. The summed E-state index contributed by atoms with van der Waals surface area (Å²) in [4.78, 5) is 46.5. The summed E-state index contributed by atoms with van der Waals surface area (Å²) in [6.45, 7) is 1.75. The van der Waals surface area contributed by atoms with Gasteiger partial charge < -0.3 is 20.4 Å². The van der Waals surface area contributed by atoms with Crippen molar-refractivity contribution in [2.75, 3.05) is 6.54 Å². The summed E-state index contributed by atoms with van der Waals surface area (Å²) in [5.74, 6) is -4.46. The summed E-state index contributed by atoms with van der Waals surface area (Å²) >= 11 is 0. The molecule has 2 amide bonds. The number of nitrogens with one attached hydrogen (secondary N) is 1. The van der Waals surface area contributed by atoms with E-state index in [4.69, 9.17) is 10.2 Å². The number of carboxylic acid groups (broad SMARTS) is 2. The Morgan fingerprint density at radius 3 is 2.40 bits per heavy atom. The van der Waals surface area contributed by atoms with Crippen molar-refractivity contribution in [3.63, 3.8) is 0 Å². The summed E-state index contributed by atoms with van der Waals surface area (Å²) in [7, 11) is 0. The van der Waals surface area contributed by atoms with E-state index in [2.05, 4.69) is 5.32 Å². The van der Waals surface area contributed by atoms with Crippen LogP contribution in [0.4, 0.5) is 0 Å². The minimum absolute atomic E-state index is 0.136. The number of likely N-dealkylation sites (tertiary alicyclic amines) is 1. The molecule has 8 heteroatoms. The molecule has 1 heterocycles. The number of hydrogen-bond acceptors (Lipinski definition) is 4. The molecule has 0 saturated carbocycles. The SMILES string of the molecule is CCC(NC(=O)C(=O)N1CCCC[C@H]1C(=O)O)C(=O)O. The first-order valence-electron chi connectivity index (χ1n) is 6.45. The number of carbonyl (C=O) groups excluding carboxylic acids is 2. The molecule has 1 saturated heterocycles. The van der Waals surface area contributed by atoms with Crippen LogP contribution in [0.1, 0.15) is 32.6 Å². The Hall–Kier alpha value is -2.12. The minimum Gasteiger partial charge on any atom is -0.480 e. The highest BCUT2D eigenvalue weighted by molar-refractivity contribution is 6.35. The monoisotopic (exact) mass is 286 g/mol. The number of rotatable bonds is 4. The Bertz CT molecular complexity index is 422. The topological polar surface area (TPSA) is 124 Å². The Morgan fingerprint density at radius 2 is 1.90 bits per heavy atom. The lowest BCUT2D eigenvalue weighted by atomic mass is 10.0. The molecule has 0 spiro atoms. The predicted octanol–water partition coefficient (Wildman–Crippen LogP) is -0.568. The van der Waals surface area contributed by atoms with Gasteiger partial charge in [-0.25, -0.2) is 9.59 Å². The van der Waals surface area contributed by atoms with Crippen LogP contribution < -0.4 is 5.32 Å². The summed E-state index contributed by atoms with van der Waals surface area (Å²) in [6, 6.07) is -2.17. The zero-order chi connectivity index (χ0) is 15.3. The summed E-state index contributed by atoms with van der Waals surface area (Å²) in [5, 5.41) is 20.0. The maximum absolute atomic E-state index is 11.9. The van der Waals surface area contributed by atoms with E-state index in [0.717, 1.165) is 4.90 Å². The van der Waals surface area contributed by atoms with Crippen LogP contribution in [0.15, 0.2) is 0 Å². The lowest BCUT2D eigenvalue weighted by Crippen LogP contribution is -2.54. The second-order valence-electron chi connectivity index (χ2n) is 4.62. The highest BCUT2D eigenvalue weighted by Crippen LogP contribution is 2.17. The van der Waals surface area contributed by atoms with Crippen LogP contribution in [0.2, 0.25) is 0 Å². The number of piperidine rings is 1. The molecule has 0 aromatic carbocycles. The van der Waals surface area contributed by atoms with Crippen LogP contribution in [-0.2, 0) is 19.2 Å². The smallest absolute Gasteiger partial charge is 0.326 e. The molecule has 20 heavy (non-hydrogen) atoms. The number of nitrogens with zero attached hydrogens (tertiary/aromatic N) is 1. The third-order valence-corrected chi connectivity index (χ3v) is 3.25. The fourth-order valence-corrected chi connectivity index (χ4v) is 2.12. The van der Waals surface area contributed by atoms with Gasteiger partial charge in [-0.2, -0.15) is 0 Å². The van der Waals surface area contributed by atoms with Crippen LogP contribution in [0.25, 0.3) is 0 Å². The predicted molar refractivity (Wildman–Crippen MR) is 66.8 cm³/mol. The number of aliphatic carboxylic acids is 2. The number of carbonyl (C=O) groups is 4. The zero-order valence-corrected chi connectivity index (χ0v) is 11.2. The molecular weight excluding hydrogens is 268 g/mol. The second-order valence-corrected chi connectivity index (χ2v) is 4.62. The first-order chi connectivity index (χ1) is 9.38. The Balaban J connectivity index is 2.74. The van der Waals surface area contributed by atoms with Crippen molar-refractivity contribution >= 4 is 23.8 Å². The van der Waals surface area contributed by atoms with Gasteiger partial charge in [-0.05, 0) is 25.7 Å². The molecule has 1 rings (SSSR count). The van der Waals surface area contributed by atoms with Gasteiger partial charge in [0, 0.05) is 6.54 Å². The molecule has 0 aromatic heterocycles. The molecule has 0 radical (unpaired) electrons. The molecule has 1 fully saturated rings. The average Bonchev–Trinajstić information content (AvgIpc) is 2.43. The quantitative estimate of drug-likeness (QED) is 0.595. The Morgan fingerprint density at radius 1 is 1.25 bits per heavy atom. The highest BCUT2D eigenvalue weighted by Gasteiger charge is 2.35. The van der Waals surface area contributed by atoms with Gasteiger partial charge in [-0.3, -0.25) is 9.59 Å². The molecule has 0 aromatic rings. The van der Waals surface area contributed by atoms with Gasteiger partial charge in [-0.15, -0.1) is 0 Å². The van der Waals surface area contributed by atoms with Gasteiger partial charge in [0.15, 0.2) is 0 Å². The van der Waals surface area contributed by atoms with Crippen LogP contribution in [0.5, 0.6) is 0 Å². The molecule has 2 atom stereocenters. The van der Waals surface area contributed by atoms with E-state index in [9.17, 15) is 19.2 Å². The van der Waals surface area contributed by atoms with Crippen molar-refractivity contribution in [2.45, 2.75) is 44.7 Å². The normalized spacial score (nSPS) is 20.1. The first kappa shape index (κ1) is 15.9. The summed E-state index contributed by atoms with van der Waals surface area (Å²) < 4.78 is 0. The van der Waals surface area contributed by atoms with Crippen molar-refractivity contribution in [3.05, 3.63) is 0 Å². The standard InChI is InChI=1S/C12H18N2O6/c1-2-7(11(17)18)13-9(15)10(16)14-6-4-3-5-8(14)12(19)20/h7-8H,2-6H2,1H3,(H,13,15)(H,17,18)(H,19,20)/t7?,8-/m0/s1. The minimum atomic E-state index is -1.23. The molecule has 8 nitrogen and oxygen atoms in total. The van der Waals surface area contributed by atoms with Crippen molar-refractivity contribution in [2.24, 2.45) is 0 Å². The maximum Gasteiger partial charge on any atom is 0.326 e. The number of amides is 2. The lowest BCUT2D eigenvalue weighted by Gasteiger charge is -2.32. The van der Waals surface area contributed by atoms with Crippen molar-refractivity contribution in [1.29, 1.82) is 0 Å². The Labute approximate surface area is 115 Å². The van der Waals surface area contributed by atoms with E-state index in [1.807, 2.05) is 0 Å². The van der Waals surface area contributed by atoms with Gasteiger partial charge in [0.25, 0.3) is 0 Å².